The summed E-state index contributed by atoms with van der Waals surface area (Å²) in [5, 5.41) is 17.6. The molecule has 0 radical (unpaired) electrons. The number of pyridine rings is 1. The maximum absolute atomic E-state index is 10.1. The fourth-order valence-electron chi connectivity index (χ4n) is 3.49. The molecule has 0 spiro atoms. The highest BCUT2D eigenvalue weighted by Crippen LogP contribution is 2.29. The van der Waals surface area contributed by atoms with Gasteiger partial charge < -0.3 is 25.9 Å². The van der Waals surface area contributed by atoms with E-state index in [9.17, 15) is 5.11 Å². The van der Waals surface area contributed by atoms with Crippen LogP contribution < -0.4 is 16.2 Å². The second-order valence-electron chi connectivity index (χ2n) is 8.42. The van der Waals surface area contributed by atoms with Crippen molar-refractivity contribution < 1.29 is 14.5 Å². The summed E-state index contributed by atoms with van der Waals surface area (Å²) in [6.45, 7) is 5.98. The molecule has 0 bridgehead atoms. The highest BCUT2D eigenvalue weighted by Gasteiger charge is 2.22. The SMILES string of the molecule is CCn1c(-c2nonc2N)nc2c(C#CC(C)(C)O)nc(OC[C@@H](N)Cc3ccccc3)cc21. The van der Waals surface area contributed by atoms with Crippen LogP contribution in [-0.2, 0) is 13.0 Å². The average molecular weight is 462 g/mol. The lowest BCUT2D eigenvalue weighted by Crippen LogP contribution is -2.30. The monoisotopic (exact) mass is 461 g/mol. The number of aryl methyl sites for hydroxylation is 1. The highest BCUT2D eigenvalue weighted by molar-refractivity contribution is 5.86. The number of nitrogens with two attached hydrogens (primary N) is 2. The van der Waals surface area contributed by atoms with Crippen LogP contribution in [0.3, 0.4) is 0 Å². The van der Waals surface area contributed by atoms with Gasteiger partial charge in [0, 0.05) is 18.7 Å². The minimum Gasteiger partial charge on any atom is -0.476 e. The van der Waals surface area contributed by atoms with E-state index in [1.807, 2.05) is 41.8 Å². The maximum atomic E-state index is 10.1. The number of rotatable bonds is 7. The van der Waals surface area contributed by atoms with Crippen molar-refractivity contribution >= 4 is 16.9 Å². The predicted octanol–water partition coefficient (Wildman–Crippen LogP) is 2.15. The van der Waals surface area contributed by atoms with Crippen molar-refractivity contribution in [3.05, 3.63) is 47.7 Å². The molecule has 0 aliphatic carbocycles. The summed E-state index contributed by atoms with van der Waals surface area (Å²) in [7, 11) is 0. The third kappa shape index (κ3) is 5.17. The van der Waals surface area contributed by atoms with Gasteiger partial charge in [0.2, 0.25) is 5.88 Å². The van der Waals surface area contributed by atoms with E-state index in [4.69, 9.17) is 20.8 Å². The number of benzene rings is 1. The first-order valence-corrected chi connectivity index (χ1v) is 10.9. The van der Waals surface area contributed by atoms with Gasteiger partial charge in [-0.2, -0.15) is 0 Å². The molecule has 1 atom stereocenters. The minimum atomic E-state index is -1.21. The molecule has 34 heavy (non-hydrogen) atoms. The van der Waals surface area contributed by atoms with Crippen molar-refractivity contribution in [2.75, 3.05) is 12.3 Å². The van der Waals surface area contributed by atoms with E-state index in [1.165, 1.54) is 0 Å². The number of nitrogens with zero attached hydrogens (tertiary/aromatic N) is 5. The van der Waals surface area contributed by atoms with E-state index in [0.29, 0.717) is 41.6 Å². The van der Waals surface area contributed by atoms with E-state index in [2.05, 4.69) is 32.1 Å². The molecule has 0 aliphatic heterocycles. The standard InChI is InChI=1S/C24H27N7O3/c1-4-31-18-13-19(33-14-16(25)12-15-8-6-5-7-9-15)27-17(10-11-24(2,3)32)20(18)28-23(31)21-22(26)30-34-29-21/h5-9,13,16,32H,4,12,14,25H2,1-3H3,(H2,26,30)/t16-/m0/s1. The van der Waals surface area contributed by atoms with Gasteiger partial charge in [0.05, 0.1) is 5.52 Å². The van der Waals surface area contributed by atoms with Crippen LogP contribution in [0.1, 0.15) is 32.0 Å². The first kappa shape index (κ1) is 23.2. The number of hydrogen-bond acceptors (Lipinski definition) is 9. The lowest BCUT2D eigenvalue weighted by atomic mass is 10.1. The molecular formula is C24H27N7O3. The van der Waals surface area contributed by atoms with Gasteiger partial charge in [-0.05, 0) is 49.0 Å². The van der Waals surface area contributed by atoms with Gasteiger partial charge in [-0.3, -0.25) is 0 Å². The van der Waals surface area contributed by atoms with Crippen molar-refractivity contribution in [1.82, 2.24) is 24.8 Å². The number of anilines is 1. The molecule has 3 heterocycles. The largest absolute Gasteiger partial charge is 0.476 e. The van der Waals surface area contributed by atoms with E-state index >= 15 is 0 Å². The van der Waals surface area contributed by atoms with Crippen molar-refractivity contribution in [2.24, 2.45) is 5.73 Å². The zero-order valence-corrected chi connectivity index (χ0v) is 19.3. The topological polar surface area (TPSA) is 151 Å². The number of aliphatic hydroxyl groups is 1. The Morgan fingerprint density at radius 2 is 1.97 bits per heavy atom. The molecule has 0 saturated heterocycles. The average Bonchev–Trinajstić information content (AvgIpc) is 3.38. The molecule has 176 valence electrons. The summed E-state index contributed by atoms with van der Waals surface area (Å²) in [6.07, 6.45) is 0.671. The van der Waals surface area contributed by atoms with Crippen LogP contribution in [0.25, 0.3) is 22.6 Å². The summed E-state index contributed by atoms with van der Waals surface area (Å²) in [4.78, 5) is 9.22. The summed E-state index contributed by atoms with van der Waals surface area (Å²) < 4.78 is 12.6. The predicted molar refractivity (Wildman–Crippen MR) is 128 cm³/mol. The van der Waals surface area contributed by atoms with Crippen molar-refractivity contribution in [1.29, 1.82) is 0 Å². The van der Waals surface area contributed by atoms with Gasteiger partial charge >= 0.3 is 0 Å². The first-order chi connectivity index (χ1) is 16.2. The van der Waals surface area contributed by atoms with Crippen LogP contribution in [0.4, 0.5) is 5.82 Å². The third-order valence-corrected chi connectivity index (χ3v) is 5.03. The summed E-state index contributed by atoms with van der Waals surface area (Å²) in [5.74, 6) is 6.68. The molecule has 10 nitrogen and oxygen atoms in total. The Hall–Kier alpha value is -3.94. The second kappa shape index (κ2) is 9.51. The van der Waals surface area contributed by atoms with Crippen LogP contribution in [0, 0.1) is 11.8 Å². The normalized spacial score (nSPS) is 12.4. The molecule has 5 N–H and O–H groups in total. The first-order valence-electron chi connectivity index (χ1n) is 10.9. The summed E-state index contributed by atoms with van der Waals surface area (Å²) in [5.41, 5.74) is 14.1. The summed E-state index contributed by atoms with van der Waals surface area (Å²) in [6, 6.07) is 11.5. The number of ether oxygens (including phenoxy) is 1. The van der Waals surface area contributed by atoms with Gasteiger partial charge in [-0.25, -0.2) is 14.6 Å². The smallest absolute Gasteiger partial charge is 0.216 e. The molecule has 0 fully saturated rings. The number of hydrogen-bond donors (Lipinski definition) is 3. The van der Waals surface area contributed by atoms with Crippen LogP contribution in [0.5, 0.6) is 5.88 Å². The minimum absolute atomic E-state index is 0.130. The van der Waals surface area contributed by atoms with Crippen LogP contribution >= 0.6 is 0 Å². The number of fused-ring (bicyclic) bond motifs is 1. The molecule has 0 amide bonds. The van der Waals surface area contributed by atoms with Gasteiger partial charge in [0.15, 0.2) is 17.3 Å². The zero-order chi connectivity index (χ0) is 24.3. The summed E-state index contributed by atoms with van der Waals surface area (Å²) >= 11 is 0. The molecule has 3 aromatic heterocycles. The molecule has 0 aliphatic rings. The maximum Gasteiger partial charge on any atom is 0.216 e. The van der Waals surface area contributed by atoms with Crippen LogP contribution in [0.15, 0.2) is 41.0 Å². The molecule has 4 aromatic rings. The molecule has 0 saturated carbocycles. The highest BCUT2D eigenvalue weighted by atomic mass is 16.6. The zero-order valence-electron chi connectivity index (χ0n) is 19.3. The van der Waals surface area contributed by atoms with E-state index < -0.39 is 5.60 Å². The van der Waals surface area contributed by atoms with Gasteiger partial charge in [0.25, 0.3) is 0 Å². The lowest BCUT2D eigenvalue weighted by Gasteiger charge is -2.13. The molecular weight excluding hydrogens is 434 g/mol. The Morgan fingerprint density at radius 3 is 2.62 bits per heavy atom. The lowest BCUT2D eigenvalue weighted by molar-refractivity contribution is 0.143. The number of nitrogen functional groups attached to an aromatic ring is 1. The molecule has 4 rings (SSSR count). The van der Waals surface area contributed by atoms with Gasteiger partial charge in [-0.1, -0.05) is 36.3 Å². The second-order valence-corrected chi connectivity index (χ2v) is 8.42. The Labute approximate surface area is 196 Å². The molecule has 1 aromatic carbocycles. The fourth-order valence-corrected chi connectivity index (χ4v) is 3.49. The Bertz CT molecular complexity index is 1340. The Balaban J connectivity index is 1.72. The number of aromatic nitrogens is 5. The Kier molecular flexibility index (Phi) is 6.49. The van der Waals surface area contributed by atoms with E-state index in [0.717, 1.165) is 11.1 Å². The van der Waals surface area contributed by atoms with Gasteiger partial charge in [0.1, 0.15) is 23.4 Å². The Morgan fingerprint density at radius 1 is 1.21 bits per heavy atom. The van der Waals surface area contributed by atoms with Crippen LogP contribution in [-0.4, -0.2) is 48.2 Å². The van der Waals surface area contributed by atoms with Crippen LogP contribution in [0.2, 0.25) is 0 Å². The van der Waals surface area contributed by atoms with Crippen molar-refractivity contribution in [3.8, 4) is 29.2 Å². The quantitative estimate of drug-likeness (QED) is 0.352. The molecule has 0 unspecified atom stereocenters. The molecule has 10 heteroatoms. The van der Waals surface area contributed by atoms with E-state index in [-0.39, 0.29) is 18.5 Å². The van der Waals surface area contributed by atoms with Gasteiger partial charge in [-0.15, -0.1) is 0 Å². The van der Waals surface area contributed by atoms with Crippen molar-refractivity contribution in [2.45, 2.75) is 45.4 Å². The number of imidazole rings is 1. The fraction of sp³-hybridized carbons (Fsp3) is 0.333. The third-order valence-electron chi connectivity index (χ3n) is 5.03. The van der Waals surface area contributed by atoms with E-state index in [1.54, 1.807) is 19.9 Å². The van der Waals surface area contributed by atoms with Crippen molar-refractivity contribution in [3.63, 3.8) is 0 Å².